The van der Waals surface area contributed by atoms with Crippen molar-refractivity contribution < 1.29 is 14.3 Å². The second-order valence-electron chi connectivity index (χ2n) is 5.71. The maximum atomic E-state index is 11.8. The summed E-state index contributed by atoms with van der Waals surface area (Å²) < 4.78 is 5.76. The van der Waals surface area contributed by atoms with Crippen LogP contribution < -0.4 is 15.6 Å². The zero-order chi connectivity index (χ0) is 18.2. The number of amides is 2. The highest BCUT2D eigenvalue weighted by Crippen LogP contribution is 2.14. The van der Waals surface area contributed by atoms with Gasteiger partial charge in [0.15, 0.2) is 0 Å². The van der Waals surface area contributed by atoms with Crippen LogP contribution in [-0.4, -0.2) is 23.7 Å². The Bertz CT molecular complexity index is 847. The molecule has 3 rings (SSSR count). The number of carbonyl (C=O) groups is 2. The maximum Gasteiger partial charge on any atom is 0.245 e. The third kappa shape index (κ3) is 5.27. The minimum Gasteiger partial charge on any atom is -0.489 e. The van der Waals surface area contributed by atoms with Crippen LogP contribution in [0.2, 0.25) is 0 Å². The van der Waals surface area contributed by atoms with Crippen molar-refractivity contribution in [2.24, 2.45) is 10.2 Å². The fourth-order valence-corrected chi connectivity index (χ4v) is 2.34. The summed E-state index contributed by atoms with van der Waals surface area (Å²) in [5.74, 6) is 0.186. The van der Waals surface area contributed by atoms with Crippen LogP contribution >= 0.6 is 0 Å². The third-order valence-electron chi connectivity index (χ3n) is 3.58. The van der Waals surface area contributed by atoms with Crippen LogP contribution in [0.5, 0.6) is 5.75 Å². The number of hydrogen-bond donors (Lipinski definition) is 2. The van der Waals surface area contributed by atoms with Crippen LogP contribution in [-0.2, 0) is 16.2 Å². The van der Waals surface area contributed by atoms with E-state index in [-0.39, 0.29) is 24.7 Å². The molecule has 1 aliphatic rings. The number of ether oxygens (including phenoxy) is 1. The first kappa shape index (κ1) is 17.3. The molecular weight excluding hydrogens is 332 g/mol. The van der Waals surface area contributed by atoms with E-state index in [0.717, 1.165) is 11.1 Å². The van der Waals surface area contributed by atoms with Gasteiger partial charge in [0.25, 0.3) is 0 Å². The van der Waals surface area contributed by atoms with Gasteiger partial charge in [-0.2, -0.15) is 10.2 Å². The lowest BCUT2D eigenvalue weighted by Gasteiger charge is -2.06. The van der Waals surface area contributed by atoms with E-state index in [1.54, 1.807) is 0 Å². The van der Waals surface area contributed by atoms with E-state index in [4.69, 9.17) is 4.74 Å². The largest absolute Gasteiger partial charge is 0.489 e. The molecule has 0 atom stereocenters. The molecule has 0 bridgehead atoms. The Labute approximate surface area is 150 Å². The Morgan fingerprint density at radius 3 is 2.85 bits per heavy atom. The van der Waals surface area contributed by atoms with Crippen LogP contribution in [0.15, 0.2) is 64.8 Å². The molecule has 0 saturated carbocycles. The van der Waals surface area contributed by atoms with Gasteiger partial charge in [-0.15, -0.1) is 0 Å². The van der Waals surface area contributed by atoms with Gasteiger partial charge in [0.1, 0.15) is 12.4 Å². The van der Waals surface area contributed by atoms with Gasteiger partial charge in [-0.25, -0.2) is 10.9 Å². The summed E-state index contributed by atoms with van der Waals surface area (Å²) >= 11 is 0. The monoisotopic (exact) mass is 350 g/mol. The average Bonchev–Trinajstić information content (AvgIpc) is 3.06. The van der Waals surface area contributed by atoms with E-state index < -0.39 is 0 Å². The van der Waals surface area contributed by atoms with Gasteiger partial charge < -0.3 is 4.74 Å². The first-order valence-electron chi connectivity index (χ1n) is 8.12. The normalized spacial score (nSPS) is 13.4. The molecule has 0 aromatic heterocycles. The molecule has 0 aliphatic carbocycles. The van der Waals surface area contributed by atoms with Crippen LogP contribution in [0.25, 0.3) is 0 Å². The highest BCUT2D eigenvalue weighted by atomic mass is 16.5. The quantitative estimate of drug-likeness (QED) is 0.591. The number of rotatable bonds is 7. The van der Waals surface area contributed by atoms with E-state index in [0.29, 0.717) is 18.1 Å². The standard InChI is InChI=1S/C19H18N4O3/c24-18(10-16-11-19(25)23-21-16)22-20-12-15-7-4-8-17(9-15)26-13-14-5-2-1-3-6-14/h1-9,12H,10-11,13H2,(H,22,24)(H,23,25)/b20-12+. The maximum absolute atomic E-state index is 11.8. The lowest BCUT2D eigenvalue weighted by Crippen LogP contribution is -2.20. The molecule has 2 amide bonds. The molecule has 132 valence electrons. The van der Waals surface area contributed by atoms with Gasteiger partial charge in [0.05, 0.1) is 24.8 Å². The summed E-state index contributed by atoms with van der Waals surface area (Å²) in [5.41, 5.74) is 7.10. The minimum absolute atomic E-state index is 0.0380. The van der Waals surface area contributed by atoms with Gasteiger partial charge in [0, 0.05) is 0 Å². The van der Waals surface area contributed by atoms with Crippen LogP contribution in [0.3, 0.4) is 0 Å². The molecule has 0 unspecified atom stereocenters. The Morgan fingerprint density at radius 2 is 2.08 bits per heavy atom. The average molecular weight is 350 g/mol. The van der Waals surface area contributed by atoms with Crippen molar-refractivity contribution in [1.29, 1.82) is 0 Å². The molecule has 0 fully saturated rings. The Hall–Kier alpha value is -3.48. The zero-order valence-electron chi connectivity index (χ0n) is 14.0. The SMILES string of the molecule is O=C1CC(CC(=O)N/N=C/c2cccc(OCc3ccccc3)c2)=NN1. The van der Waals surface area contributed by atoms with Crippen molar-refractivity contribution >= 4 is 23.7 Å². The Balaban J connectivity index is 1.49. The van der Waals surface area contributed by atoms with Gasteiger partial charge in [-0.1, -0.05) is 42.5 Å². The predicted molar refractivity (Wildman–Crippen MR) is 97.8 cm³/mol. The van der Waals surface area contributed by atoms with E-state index >= 15 is 0 Å². The highest BCUT2D eigenvalue weighted by molar-refractivity contribution is 6.11. The van der Waals surface area contributed by atoms with E-state index in [1.807, 2.05) is 54.6 Å². The van der Waals surface area contributed by atoms with Gasteiger partial charge in [-0.05, 0) is 23.3 Å². The van der Waals surface area contributed by atoms with Crippen molar-refractivity contribution in [2.75, 3.05) is 0 Å². The molecule has 0 radical (unpaired) electrons. The molecule has 0 spiro atoms. The molecule has 2 N–H and O–H groups in total. The molecule has 2 aromatic carbocycles. The van der Waals surface area contributed by atoms with E-state index in [1.165, 1.54) is 6.21 Å². The van der Waals surface area contributed by atoms with Crippen LogP contribution in [0.4, 0.5) is 0 Å². The number of nitrogens with one attached hydrogen (secondary N) is 2. The van der Waals surface area contributed by atoms with E-state index in [9.17, 15) is 9.59 Å². The summed E-state index contributed by atoms with van der Waals surface area (Å²) in [6, 6.07) is 17.3. The van der Waals surface area contributed by atoms with E-state index in [2.05, 4.69) is 21.1 Å². The Morgan fingerprint density at radius 1 is 1.23 bits per heavy atom. The molecule has 26 heavy (non-hydrogen) atoms. The predicted octanol–water partition coefficient (Wildman–Crippen LogP) is 1.98. The van der Waals surface area contributed by atoms with Crippen molar-refractivity contribution in [1.82, 2.24) is 10.9 Å². The molecule has 2 aromatic rings. The second kappa shape index (κ2) is 8.57. The molecule has 0 saturated heterocycles. The summed E-state index contributed by atoms with van der Waals surface area (Å²) in [6.07, 6.45) is 1.72. The zero-order valence-corrected chi connectivity index (χ0v) is 14.0. The lowest BCUT2D eigenvalue weighted by molar-refractivity contribution is -0.119. The van der Waals surface area contributed by atoms with Gasteiger partial charge in [0.2, 0.25) is 11.8 Å². The molecule has 1 heterocycles. The number of carbonyl (C=O) groups excluding carboxylic acids is 2. The number of benzene rings is 2. The third-order valence-corrected chi connectivity index (χ3v) is 3.58. The topological polar surface area (TPSA) is 92.2 Å². The first-order valence-corrected chi connectivity index (χ1v) is 8.12. The number of nitrogens with zero attached hydrogens (tertiary/aromatic N) is 2. The molecule has 1 aliphatic heterocycles. The molecule has 7 nitrogen and oxygen atoms in total. The fraction of sp³-hybridized carbons (Fsp3) is 0.158. The summed E-state index contributed by atoms with van der Waals surface area (Å²) in [6.45, 7) is 0.479. The Kier molecular flexibility index (Phi) is 5.72. The highest BCUT2D eigenvalue weighted by Gasteiger charge is 2.16. The first-order chi connectivity index (χ1) is 12.7. The second-order valence-corrected chi connectivity index (χ2v) is 5.71. The fourth-order valence-electron chi connectivity index (χ4n) is 2.34. The summed E-state index contributed by atoms with van der Waals surface area (Å²) in [7, 11) is 0. The van der Waals surface area contributed by atoms with Crippen molar-refractivity contribution in [3.63, 3.8) is 0 Å². The molecule has 7 heteroatoms. The van der Waals surface area contributed by atoms with Crippen molar-refractivity contribution in [3.05, 3.63) is 65.7 Å². The summed E-state index contributed by atoms with van der Waals surface area (Å²) in [4.78, 5) is 22.8. The van der Waals surface area contributed by atoms with Crippen molar-refractivity contribution in [3.8, 4) is 5.75 Å². The summed E-state index contributed by atoms with van der Waals surface area (Å²) in [5, 5.41) is 7.69. The number of hydrazone groups is 2. The van der Waals surface area contributed by atoms with Crippen LogP contribution in [0.1, 0.15) is 24.0 Å². The van der Waals surface area contributed by atoms with Gasteiger partial charge >= 0.3 is 0 Å². The van der Waals surface area contributed by atoms with Crippen LogP contribution in [0, 0.1) is 0 Å². The van der Waals surface area contributed by atoms with Gasteiger partial charge in [-0.3, -0.25) is 9.59 Å². The molecular formula is C19H18N4O3. The number of hydrogen-bond acceptors (Lipinski definition) is 5. The smallest absolute Gasteiger partial charge is 0.245 e. The minimum atomic E-state index is -0.326. The van der Waals surface area contributed by atoms with Crippen molar-refractivity contribution in [2.45, 2.75) is 19.4 Å². The lowest BCUT2D eigenvalue weighted by atomic mass is 10.2.